The molecule has 1 N–H and O–H groups in total. The third-order valence-corrected chi connectivity index (χ3v) is 10.1. The molecule has 1 fully saturated rings. The molecule has 0 bridgehead atoms. The van der Waals surface area contributed by atoms with Crippen LogP contribution in [0.25, 0.3) is 0 Å². The fourth-order valence-electron chi connectivity index (χ4n) is 3.94. The van der Waals surface area contributed by atoms with Crippen molar-refractivity contribution in [1.29, 1.82) is 0 Å². The van der Waals surface area contributed by atoms with E-state index in [4.69, 9.17) is 9.16 Å². The molecule has 0 aromatic heterocycles. The number of cyclic esters (lactones) is 1. The molecular formula is C22H28O4Si. The van der Waals surface area contributed by atoms with Gasteiger partial charge in [-0.1, -0.05) is 81.4 Å². The van der Waals surface area contributed by atoms with Crippen molar-refractivity contribution in [2.75, 3.05) is 6.61 Å². The third kappa shape index (κ3) is 4.15. The van der Waals surface area contributed by atoms with Crippen molar-refractivity contribution < 1.29 is 19.1 Å². The van der Waals surface area contributed by atoms with Crippen molar-refractivity contribution in [1.82, 2.24) is 0 Å². The molecule has 2 atom stereocenters. The molecule has 0 radical (unpaired) electrons. The number of esters is 1. The van der Waals surface area contributed by atoms with E-state index in [-0.39, 0.29) is 24.0 Å². The Morgan fingerprint density at radius 2 is 1.56 bits per heavy atom. The van der Waals surface area contributed by atoms with E-state index in [1.54, 1.807) is 0 Å². The molecule has 2 aromatic rings. The minimum Gasteiger partial charge on any atom is -0.460 e. The highest BCUT2D eigenvalue weighted by molar-refractivity contribution is 6.99. The van der Waals surface area contributed by atoms with Gasteiger partial charge in [0.1, 0.15) is 6.10 Å². The van der Waals surface area contributed by atoms with Crippen LogP contribution in [0.3, 0.4) is 0 Å². The van der Waals surface area contributed by atoms with Crippen molar-refractivity contribution >= 4 is 24.7 Å². The van der Waals surface area contributed by atoms with E-state index in [1.165, 1.54) is 10.4 Å². The Hall–Kier alpha value is -1.95. The van der Waals surface area contributed by atoms with Crippen molar-refractivity contribution in [3.8, 4) is 0 Å². The van der Waals surface area contributed by atoms with Gasteiger partial charge in [-0.25, -0.2) is 0 Å². The van der Waals surface area contributed by atoms with Crippen LogP contribution < -0.4 is 10.4 Å². The lowest BCUT2D eigenvalue weighted by molar-refractivity contribution is -0.162. The first kappa shape index (κ1) is 19.8. The van der Waals surface area contributed by atoms with Crippen LogP contribution in [-0.4, -0.2) is 38.2 Å². The first-order valence-electron chi connectivity index (χ1n) is 9.45. The van der Waals surface area contributed by atoms with E-state index in [1.807, 2.05) is 36.4 Å². The van der Waals surface area contributed by atoms with E-state index in [0.29, 0.717) is 6.42 Å². The van der Waals surface area contributed by atoms with Crippen LogP contribution in [0, 0.1) is 0 Å². The molecule has 3 rings (SSSR count). The number of benzene rings is 2. The van der Waals surface area contributed by atoms with Crippen LogP contribution in [0.4, 0.5) is 0 Å². The van der Waals surface area contributed by atoms with E-state index in [0.717, 1.165) is 0 Å². The number of carbonyl (C=O) groups is 1. The van der Waals surface area contributed by atoms with Gasteiger partial charge in [0.2, 0.25) is 0 Å². The fraction of sp³-hybridized carbons (Fsp3) is 0.409. The second kappa shape index (κ2) is 7.96. The number of rotatable bonds is 5. The summed E-state index contributed by atoms with van der Waals surface area (Å²) < 4.78 is 12.2. The maximum atomic E-state index is 11.7. The highest BCUT2D eigenvalue weighted by atomic mass is 28.4. The Bertz CT molecular complexity index is 715. The zero-order valence-electron chi connectivity index (χ0n) is 16.2. The SMILES string of the molecule is CC(C)(C)[Si](OC[C@@H]1C[C@H](O)CC(=O)O1)(c1ccccc1)c1ccccc1. The molecule has 4 nitrogen and oxygen atoms in total. The highest BCUT2D eigenvalue weighted by Crippen LogP contribution is 2.37. The van der Waals surface area contributed by atoms with Gasteiger partial charge in [0.25, 0.3) is 8.32 Å². The predicted molar refractivity (Wildman–Crippen MR) is 109 cm³/mol. The topological polar surface area (TPSA) is 55.8 Å². The van der Waals surface area contributed by atoms with Crippen LogP contribution in [0.15, 0.2) is 60.7 Å². The van der Waals surface area contributed by atoms with Gasteiger partial charge in [0, 0.05) is 6.42 Å². The molecule has 0 spiro atoms. The van der Waals surface area contributed by atoms with Gasteiger partial charge < -0.3 is 14.3 Å². The molecule has 2 aromatic carbocycles. The summed E-state index contributed by atoms with van der Waals surface area (Å²) in [7, 11) is -2.65. The van der Waals surface area contributed by atoms with E-state index in [2.05, 4.69) is 45.0 Å². The number of aliphatic hydroxyl groups excluding tert-OH is 1. The smallest absolute Gasteiger partial charge is 0.308 e. The van der Waals surface area contributed by atoms with Gasteiger partial charge in [0.15, 0.2) is 0 Å². The van der Waals surface area contributed by atoms with E-state index < -0.39 is 20.5 Å². The van der Waals surface area contributed by atoms with Gasteiger partial charge in [-0.15, -0.1) is 0 Å². The zero-order valence-corrected chi connectivity index (χ0v) is 17.2. The number of hydrogen-bond donors (Lipinski definition) is 1. The van der Waals surface area contributed by atoms with Gasteiger partial charge in [-0.2, -0.15) is 0 Å². The van der Waals surface area contributed by atoms with Crippen molar-refractivity contribution in [2.45, 2.75) is 50.9 Å². The summed E-state index contributed by atoms with van der Waals surface area (Å²) in [5.74, 6) is -0.357. The van der Waals surface area contributed by atoms with Crippen LogP contribution in [0.2, 0.25) is 5.04 Å². The summed E-state index contributed by atoms with van der Waals surface area (Å²) in [6, 6.07) is 20.7. The number of carbonyl (C=O) groups excluding carboxylic acids is 1. The zero-order chi connectivity index (χ0) is 19.5. The Kier molecular flexibility index (Phi) is 5.84. The number of aliphatic hydroxyl groups is 1. The van der Waals surface area contributed by atoms with Gasteiger partial charge >= 0.3 is 5.97 Å². The van der Waals surface area contributed by atoms with Crippen LogP contribution in [0.5, 0.6) is 0 Å². The van der Waals surface area contributed by atoms with Crippen LogP contribution >= 0.6 is 0 Å². The summed E-state index contributed by atoms with van der Waals surface area (Å²) in [4.78, 5) is 11.7. The highest BCUT2D eigenvalue weighted by Gasteiger charge is 2.50. The molecule has 144 valence electrons. The molecule has 1 aliphatic rings. The molecule has 0 saturated carbocycles. The van der Waals surface area contributed by atoms with Crippen LogP contribution in [-0.2, 0) is 14.0 Å². The van der Waals surface area contributed by atoms with Gasteiger partial charge in [-0.3, -0.25) is 4.79 Å². The Balaban J connectivity index is 2.00. The minimum atomic E-state index is -2.65. The standard InChI is InChI=1S/C22H28O4Si/c1-22(2,3)27(19-10-6-4-7-11-19,20-12-8-5-9-13-20)25-16-18-14-17(23)15-21(24)26-18/h4-13,17-18,23H,14-16H2,1-3H3/t17-,18-/m0/s1. The summed E-state index contributed by atoms with van der Waals surface area (Å²) in [5, 5.41) is 12.2. The Morgan fingerprint density at radius 1 is 1.04 bits per heavy atom. The molecule has 5 heteroatoms. The largest absolute Gasteiger partial charge is 0.460 e. The fourth-order valence-corrected chi connectivity index (χ4v) is 8.53. The van der Waals surface area contributed by atoms with E-state index in [9.17, 15) is 9.90 Å². The molecule has 0 unspecified atom stereocenters. The maximum Gasteiger partial charge on any atom is 0.308 e. The van der Waals surface area contributed by atoms with Crippen molar-refractivity contribution in [3.05, 3.63) is 60.7 Å². The third-order valence-electron chi connectivity index (χ3n) is 5.14. The molecule has 0 aliphatic carbocycles. The summed E-state index contributed by atoms with van der Waals surface area (Å²) in [5.41, 5.74) is 0. The summed E-state index contributed by atoms with van der Waals surface area (Å²) in [6.45, 7) is 6.92. The summed E-state index contributed by atoms with van der Waals surface area (Å²) in [6.07, 6.45) is -0.582. The molecule has 1 saturated heterocycles. The van der Waals surface area contributed by atoms with E-state index >= 15 is 0 Å². The molecule has 27 heavy (non-hydrogen) atoms. The molecule has 1 aliphatic heterocycles. The Morgan fingerprint density at radius 3 is 2.00 bits per heavy atom. The van der Waals surface area contributed by atoms with Gasteiger partial charge in [-0.05, 0) is 15.4 Å². The maximum absolute atomic E-state index is 11.7. The summed E-state index contributed by atoms with van der Waals surface area (Å²) >= 11 is 0. The molecule has 1 heterocycles. The molecule has 0 amide bonds. The second-order valence-electron chi connectivity index (χ2n) is 8.18. The first-order chi connectivity index (χ1) is 12.8. The average molecular weight is 385 g/mol. The lowest BCUT2D eigenvalue weighted by Crippen LogP contribution is -2.67. The second-order valence-corrected chi connectivity index (χ2v) is 12.5. The van der Waals surface area contributed by atoms with Gasteiger partial charge in [0.05, 0.1) is 19.1 Å². The number of ether oxygens (including phenoxy) is 1. The quantitative estimate of drug-likeness (QED) is 0.636. The lowest BCUT2D eigenvalue weighted by atomic mass is 10.1. The number of hydrogen-bond acceptors (Lipinski definition) is 4. The normalized spacial score (nSPS) is 21.0. The Labute approximate surface area is 162 Å². The first-order valence-corrected chi connectivity index (χ1v) is 11.4. The molecular weight excluding hydrogens is 356 g/mol. The monoisotopic (exact) mass is 384 g/mol. The lowest BCUT2D eigenvalue weighted by Gasteiger charge is -2.44. The van der Waals surface area contributed by atoms with Crippen LogP contribution in [0.1, 0.15) is 33.6 Å². The average Bonchev–Trinajstić information content (AvgIpc) is 2.62. The van der Waals surface area contributed by atoms with Crippen molar-refractivity contribution in [2.24, 2.45) is 0 Å². The minimum absolute atomic E-state index is 0.0652. The van der Waals surface area contributed by atoms with Crippen molar-refractivity contribution in [3.63, 3.8) is 0 Å². The predicted octanol–water partition coefficient (Wildman–Crippen LogP) is 2.63.